The van der Waals surface area contributed by atoms with E-state index in [9.17, 15) is 13.6 Å². The summed E-state index contributed by atoms with van der Waals surface area (Å²) in [5.74, 6) is -0.00520. The van der Waals surface area contributed by atoms with Gasteiger partial charge in [0, 0.05) is 38.7 Å². The molecule has 7 nitrogen and oxygen atoms in total. The van der Waals surface area contributed by atoms with Gasteiger partial charge < -0.3 is 23.8 Å². The van der Waals surface area contributed by atoms with Gasteiger partial charge in [-0.1, -0.05) is 11.6 Å². The first-order valence-corrected chi connectivity index (χ1v) is 12.0. The van der Waals surface area contributed by atoms with Gasteiger partial charge in [-0.05, 0) is 40.0 Å². The van der Waals surface area contributed by atoms with Gasteiger partial charge in [0.1, 0.15) is 23.4 Å². The van der Waals surface area contributed by atoms with Crippen molar-refractivity contribution in [3.8, 4) is 0 Å². The molecule has 5 aliphatic rings. The minimum atomic E-state index is -2.31. The molecule has 9 heteroatoms. The molecular weight excluding hydrogens is 434 g/mol. The molecule has 5 fully saturated rings. The Bertz CT molecular complexity index is 801. The number of ether oxygens (including phenoxy) is 4. The van der Waals surface area contributed by atoms with Crippen molar-refractivity contribution < 1.29 is 32.5 Å². The number of nitrogens with zero attached hydrogens (tertiary/aromatic N) is 2. The maximum Gasteiger partial charge on any atom is 0.410 e. The summed E-state index contributed by atoms with van der Waals surface area (Å²) in [5.41, 5.74) is 0.608. The number of hydrogen-bond acceptors (Lipinski definition) is 6. The Morgan fingerprint density at radius 2 is 1.94 bits per heavy atom. The van der Waals surface area contributed by atoms with E-state index in [1.165, 1.54) is 5.57 Å². The number of hydrogen-bond donors (Lipinski definition) is 0. The summed E-state index contributed by atoms with van der Waals surface area (Å²) in [4.78, 5) is 16.3. The van der Waals surface area contributed by atoms with E-state index in [4.69, 9.17) is 18.9 Å². The number of amides is 1. The van der Waals surface area contributed by atoms with Crippen LogP contribution in [0.15, 0.2) is 11.6 Å². The van der Waals surface area contributed by atoms with Crippen LogP contribution in [0.25, 0.3) is 0 Å². The predicted molar refractivity (Wildman–Crippen MR) is 116 cm³/mol. The van der Waals surface area contributed by atoms with Crippen molar-refractivity contribution in [1.29, 1.82) is 0 Å². The molecule has 0 N–H and O–H groups in total. The SMILES string of the molecule is CO[C@@H]1[C@H](OC(=O)N2CC3(CN(CC(F)F)C3)C2)CC[C@]2(CO2)[C@H]1[C@@]1(C)O[C@@H]1CC=C(C)C. The second-order valence-electron chi connectivity index (χ2n) is 11.2. The van der Waals surface area contributed by atoms with E-state index in [2.05, 4.69) is 26.8 Å². The number of allylic oxidation sites excluding steroid dienone is 1. The lowest BCUT2D eigenvalue weighted by molar-refractivity contribution is -0.143. The molecule has 186 valence electrons. The van der Waals surface area contributed by atoms with E-state index >= 15 is 0 Å². The molecule has 1 saturated carbocycles. The fourth-order valence-corrected chi connectivity index (χ4v) is 6.59. The first-order valence-electron chi connectivity index (χ1n) is 12.0. The minimum absolute atomic E-state index is 0.00520. The Hall–Kier alpha value is -1.29. The molecule has 33 heavy (non-hydrogen) atoms. The first kappa shape index (κ1) is 23.5. The largest absolute Gasteiger partial charge is 0.443 e. The van der Waals surface area contributed by atoms with Crippen molar-refractivity contribution in [1.82, 2.24) is 9.80 Å². The highest BCUT2D eigenvalue weighted by atomic mass is 19.3. The molecule has 0 aromatic heterocycles. The Labute approximate surface area is 194 Å². The van der Waals surface area contributed by atoms with Gasteiger partial charge in [0.05, 0.1) is 25.2 Å². The average molecular weight is 471 g/mol. The zero-order chi connectivity index (χ0) is 23.6. The summed E-state index contributed by atoms with van der Waals surface area (Å²) in [5, 5.41) is 0. The molecule has 0 radical (unpaired) electrons. The van der Waals surface area contributed by atoms with E-state index in [0.29, 0.717) is 39.2 Å². The quantitative estimate of drug-likeness (QED) is 0.421. The average Bonchev–Trinajstić information content (AvgIpc) is 3.59. The highest BCUT2D eigenvalue weighted by Gasteiger charge is 2.72. The standard InChI is InChI=1S/C24H36F2N2O5/c1-15(2)5-6-17-22(3,33-17)20-19(30-4)16(7-8-24(20)14-31-24)32-21(29)28-12-23(13-28)10-27(11-23)9-18(25)26/h5,16-20H,6-14H2,1-4H3/t16-,17-,19-,20-,22+,24+/m1/s1. The van der Waals surface area contributed by atoms with Crippen LogP contribution in [0.2, 0.25) is 0 Å². The van der Waals surface area contributed by atoms with Crippen molar-refractivity contribution in [3.05, 3.63) is 11.6 Å². The molecule has 0 bridgehead atoms. The van der Waals surface area contributed by atoms with E-state index < -0.39 is 6.43 Å². The lowest BCUT2D eigenvalue weighted by Crippen LogP contribution is -2.73. The molecule has 4 heterocycles. The van der Waals surface area contributed by atoms with E-state index in [-0.39, 0.29) is 53.5 Å². The summed E-state index contributed by atoms with van der Waals surface area (Å²) in [6.45, 7) is 9.17. The van der Waals surface area contributed by atoms with Crippen molar-refractivity contribution in [2.24, 2.45) is 11.3 Å². The van der Waals surface area contributed by atoms with Crippen molar-refractivity contribution in [3.63, 3.8) is 0 Å². The summed E-state index contributed by atoms with van der Waals surface area (Å²) in [6.07, 6.45) is 1.35. The number of carbonyl (C=O) groups is 1. The summed E-state index contributed by atoms with van der Waals surface area (Å²) in [7, 11) is 1.67. The van der Waals surface area contributed by atoms with Gasteiger partial charge in [0.15, 0.2) is 0 Å². The van der Waals surface area contributed by atoms with Crippen LogP contribution in [0, 0.1) is 11.3 Å². The van der Waals surface area contributed by atoms with E-state index in [1.807, 2.05) is 0 Å². The molecule has 0 unspecified atom stereocenters. The fourth-order valence-electron chi connectivity index (χ4n) is 6.59. The van der Waals surface area contributed by atoms with Crippen LogP contribution in [-0.2, 0) is 18.9 Å². The zero-order valence-electron chi connectivity index (χ0n) is 20.0. The number of alkyl halides is 2. The van der Waals surface area contributed by atoms with E-state index in [0.717, 1.165) is 12.8 Å². The molecule has 0 aromatic carbocycles. The Morgan fingerprint density at radius 3 is 2.52 bits per heavy atom. The Morgan fingerprint density at radius 1 is 1.24 bits per heavy atom. The van der Waals surface area contributed by atoms with Gasteiger partial charge >= 0.3 is 6.09 Å². The second-order valence-corrected chi connectivity index (χ2v) is 11.2. The van der Waals surface area contributed by atoms with Gasteiger partial charge in [-0.2, -0.15) is 0 Å². The normalized spacial score (nSPS) is 41.0. The van der Waals surface area contributed by atoms with Crippen LogP contribution in [0.1, 0.15) is 40.0 Å². The van der Waals surface area contributed by atoms with Crippen LogP contribution in [0.5, 0.6) is 0 Å². The Balaban J connectivity index is 1.19. The number of methoxy groups -OCH3 is 1. The monoisotopic (exact) mass is 470 g/mol. The lowest BCUT2D eigenvalue weighted by atomic mass is 9.68. The maximum atomic E-state index is 12.9. The van der Waals surface area contributed by atoms with Gasteiger partial charge in [-0.3, -0.25) is 4.90 Å². The third-order valence-electron chi connectivity index (χ3n) is 8.31. The second kappa shape index (κ2) is 8.14. The molecule has 6 atom stereocenters. The molecule has 0 aromatic rings. The highest BCUT2D eigenvalue weighted by Crippen LogP contribution is 2.59. The van der Waals surface area contributed by atoms with Gasteiger partial charge in [-0.25, -0.2) is 13.6 Å². The summed E-state index contributed by atoms with van der Waals surface area (Å²) < 4.78 is 49.1. The van der Waals surface area contributed by atoms with Crippen LogP contribution in [0.4, 0.5) is 13.6 Å². The van der Waals surface area contributed by atoms with Crippen LogP contribution in [-0.4, -0.2) is 98.3 Å². The number of rotatable bonds is 7. The molecular formula is C24H36F2N2O5. The molecule has 1 aliphatic carbocycles. The van der Waals surface area contributed by atoms with Crippen LogP contribution >= 0.6 is 0 Å². The van der Waals surface area contributed by atoms with Crippen molar-refractivity contribution >= 4 is 6.09 Å². The van der Waals surface area contributed by atoms with Crippen LogP contribution in [0.3, 0.4) is 0 Å². The molecule has 4 aliphatic heterocycles. The highest BCUT2D eigenvalue weighted by molar-refractivity contribution is 5.69. The minimum Gasteiger partial charge on any atom is -0.443 e. The van der Waals surface area contributed by atoms with Crippen molar-refractivity contribution in [2.45, 2.75) is 76.0 Å². The maximum absolute atomic E-state index is 12.9. The van der Waals surface area contributed by atoms with Gasteiger partial charge in [0.25, 0.3) is 6.43 Å². The molecule has 5 rings (SSSR count). The number of epoxide rings is 2. The summed E-state index contributed by atoms with van der Waals surface area (Å²) in [6, 6.07) is 0. The zero-order valence-corrected chi connectivity index (χ0v) is 20.0. The number of likely N-dealkylation sites (tertiary alicyclic amines) is 2. The van der Waals surface area contributed by atoms with Gasteiger partial charge in [0.2, 0.25) is 0 Å². The fraction of sp³-hybridized carbons (Fsp3) is 0.875. The topological polar surface area (TPSA) is 67.1 Å². The number of carbonyl (C=O) groups excluding carboxylic acids is 1. The molecule has 2 spiro atoms. The Kier molecular flexibility index (Phi) is 5.78. The molecule has 4 saturated heterocycles. The third-order valence-corrected chi connectivity index (χ3v) is 8.31. The third kappa shape index (κ3) is 4.19. The number of halogens is 2. The lowest BCUT2D eigenvalue weighted by Gasteiger charge is -2.59. The van der Waals surface area contributed by atoms with Crippen molar-refractivity contribution in [2.75, 3.05) is 46.4 Å². The van der Waals surface area contributed by atoms with E-state index in [1.54, 1.807) is 16.9 Å². The summed E-state index contributed by atoms with van der Waals surface area (Å²) >= 11 is 0. The smallest absolute Gasteiger partial charge is 0.410 e. The van der Waals surface area contributed by atoms with Gasteiger partial charge in [-0.15, -0.1) is 0 Å². The molecule has 1 amide bonds. The first-order chi connectivity index (χ1) is 15.6. The predicted octanol–water partition coefficient (Wildman–Crippen LogP) is 3.08. The van der Waals surface area contributed by atoms with Crippen LogP contribution < -0.4 is 0 Å².